The van der Waals surface area contributed by atoms with Crippen LogP contribution in [-0.2, 0) is 0 Å². The molecule has 0 unspecified atom stereocenters. The minimum absolute atomic E-state index is 0.793. The lowest BCUT2D eigenvalue weighted by Gasteiger charge is -1.76. The molecule has 0 aliphatic carbocycles. The van der Waals surface area contributed by atoms with Crippen LogP contribution in [0.5, 0.6) is 0 Å². The second kappa shape index (κ2) is 1.27. The van der Waals surface area contributed by atoms with Crippen LogP contribution >= 0.6 is 8.35 Å². The molecule has 0 bridgehead atoms. The summed E-state index contributed by atoms with van der Waals surface area (Å²) >= 11 is 0. The number of hydrogen-bond donors (Lipinski definition) is 1. The molecule has 0 aliphatic heterocycles. The average Bonchev–Trinajstić information content (AvgIpc) is 1.86. The van der Waals surface area contributed by atoms with Crippen LogP contribution in [0.3, 0.4) is 0 Å². The van der Waals surface area contributed by atoms with Gasteiger partial charge in [0.05, 0.1) is 14.5 Å². The third-order valence-corrected chi connectivity index (χ3v) is 0.963. The van der Waals surface area contributed by atoms with Crippen LogP contribution in [0.4, 0.5) is 0 Å². The Morgan fingerprint density at radius 3 is 2.83 bits per heavy atom. The number of nitrogens with zero attached hydrogens (tertiary/aromatic N) is 2. The highest BCUT2D eigenvalue weighted by atomic mass is 31.0. The second-order valence-electron chi connectivity index (χ2n) is 0.823. The predicted molar refractivity (Wildman–Crippen MR) is 21.9 cm³/mol. The molecule has 32 valence electrons. The maximum absolute atomic E-state index is 8.30. The van der Waals surface area contributed by atoms with Gasteiger partial charge in [0, 0.05) is 5.80 Å². The minimum Gasteiger partial charge on any atom is -0.411 e. The van der Waals surface area contributed by atoms with Crippen LogP contribution in [0.2, 0.25) is 0 Å². The molecule has 1 aromatic rings. The van der Waals surface area contributed by atoms with Gasteiger partial charge in [0.2, 0.25) is 0 Å². The highest BCUT2D eigenvalue weighted by molar-refractivity contribution is 7.24. The molecule has 0 aromatic carbocycles. The molecular formula is C2H3N2OP. The fourth-order valence-corrected chi connectivity index (χ4v) is 0.606. The SMILES string of the molecule is On1ccpn1. The Balaban J connectivity index is 3.05. The number of hydrogen-bond acceptors (Lipinski definition) is 2. The van der Waals surface area contributed by atoms with E-state index >= 15 is 0 Å². The lowest BCUT2D eigenvalue weighted by Crippen LogP contribution is -1.84. The van der Waals surface area contributed by atoms with Crippen LogP contribution in [0.1, 0.15) is 0 Å². The van der Waals surface area contributed by atoms with Gasteiger partial charge in [-0.3, -0.25) is 0 Å². The van der Waals surface area contributed by atoms with E-state index < -0.39 is 0 Å². The van der Waals surface area contributed by atoms with Gasteiger partial charge in [-0.2, -0.15) is 0 Å². The minimum atomic E-state index is 0.793. The molecule has 0 radical (unpaired) electrons. The molecule has 1 heterocycles. The molecular weight excluding hydrogens is 99.0 g/mol. The van der Waals surface area contributed by atoms with Crippen molar-refractivity contribution in [1.82, 2.24) is 9.71 Å². The topological polar surface area (TPSA) is 38.0 Å². The summed E-state index contributed by atoms with van der Waals surface area (Å²) in [5.41, 5.74) is 0. The van der Waals surface area contributed by atoms with Crippen molar-refractivity contribution in [3.8, 4) is 0 Å². The lowest BCUT2D eigenvalue weighted by molar-refractivity contribution is 0.153. The van der Waals surface area contributed by atoms with Crippen LogP contribution in [0.15, 0.2) is 12.0 Å². The average molecular weight is 102 g/mol. The highest BCUT2D eigenvalue weighted by Crippen LogP contribution is 1.92. The molecule has 0 fully saturated rings. The van der Waals surface area contributed by atoms with E-state index in [1.165, 1.54) is 6.20 Å². The van der Waals surface area contributed by atoms with E-state index in [1.807, 2.05) is 0 Å². The van der Waals surface area contributed by atoms with Gasteiger partial charge >= 0.3 is 0 Å². The van der Waals surface area contributed by atoms with Crippen LogP contribution in [0, 0.1) is 0 Å². The standard InChI is InChI=1S/C2H3N2OP/c5-4-1-2-6-3-4/h1-2,5H. The molecule has 0 aliphatic rings. The highest BCUT2D eigenvalue weighted by Gasteiger charge is 1.73. The first-order valence-corrected chi connectivity index (χ1v) is 2.37. The first-order chi connectivity index (χ1) is 2.89. The van der Waals surface area contributed by atoms with Gasteiger partial charge in [-0.05, 0) is 0 Å². The van der Waals surface area contributed by atoms with E-state index in [9.17, 15) is 0 Å². The van der Waals surface area contributed by atoms with E-state index in [0.29, 0.717) is 0 Å². The van der Waals surface area contributed by atoms with Crippen molar-refractivity contribution in [2.45, 2.75) is 0 Å². The summed E-state index contributed by atoms with van der Waals surface area (Å²) in [5.74, 6) is 1.74. The van der Waals surface area contributed by atoms with E-state index in [-0.39, 0.29) is 0 Å². The summed E-state index contributed by atoms with van der Waals surface area (Å²) in [5, 5.41) is 8.30. The Kier molecular flexibility index (Phi) is 0.765. The van der Waals surface area contributed by atoms with Crippen molar-refractivity contribution in [3.05, 3.63) is 12.0 Å². The van der Waals surface area contributed by atoms with Crippen LogP contribution < -0.4 is 0 Å². The predicted octanol–water partition coefficient (Wildman–Crippen LogP) is 0.701. The quantitative estimate of drug-likeness (QED) is 0.489. The molecule has 1 N–H and O–H groups in total. The first kappa shape index (κ1) is 3.62. The molecule has 6 heavy (non-hydrogen) atoms. The van der Waals surface area contributed by atoms with Gasteiger partial charge in [-0.1, -0.05) is 0 Å². The van der Waals surface area contributed by atoms with Gasteiger partial charge < -0.3 is 5.21 Å². The van der Waals surface area contributed by atoms with Crippen LogP contribution in [-0.4, -0.2) is 14.9 Å². The molecule has 1 rings (SSSR count). The zero-order valence-corrected chi connectivity index (χ0v) is 3.84. The fourth-order valence-electron chi connectivity index (χ4n) is 0.202. The van der Waals surface area contributed by atoms with Gasteiger partial charge in [-0.25, -0.2) is 0 Å². The van der Waals surface area contributed by atoms with Gasteiger partial charge in [0.1, 0.15) is 0 Å². The summed E-state index contributed by atoms with van der Waals surface area (Å²) in [6, 6.07) is 0. The van der Waals surface area contributed by atoms with Crippen molar-refractivity contribution < 1.29 is 5.21 Å². The Morgan fingerprint density at radius 2 is 2.67 bits per heavy atom. The first-order valence-electron chi connectivity index (χ1n) is 1.45. The van der Waals surface area contributed by atoms with Crippen molar-refractivity contribution in [3.63, 3.8) is 0 Å². The lowest BCUT2D eigenvalue weighted by atomic mass is 11.0. The second-order valence-corrected chi connectivity index (χ2v) is 1.53. The number of aromatic nitrogens is 2. The molecule has 1 aromatic heterocycles. The Morgan fingerprint density at radius 1 is 1.83 bits per heavy atom. The van der Waals surface area contributed by atoms with Crippen molar-refractivity contribution in [1.29, 1.82) is 0 Å². The Bertz CT molecular complexity index is 115. The van der Waals surface area contributed by atoms with Crippen molar-refractivity contribution in [2.24, 2.45) is 0 Å². The van der Waals surface area contributed by atoms with Gasteiger partial charge in [-0.15, -0.1) is 9.71 Å². The van der Waals surface area contributed by atoms with E-state index in [2.05, 4.69) is 4.86 Å². The maximum Gasteiger partial charge on any atom is 0.0713 e. The maximum atomic E-state index is 8.30. The Hall–Kier alpha value is -0.560. The molecule has 0 amide bonds. The molecule has 0 saturated carbocycles. The summed E-state index contributed by atoms with van der Waals surface area (Å²) in [7, 11) is 0.806. The zero-order valence-electron chi connectivity index (χ0n) is 2.94. The summed E-state index contributed by atoms with van der Waals surface area (Å²) < 4.78 is 0. The third kappa shape index (κ3) is 0.494. The van der Waals surface area contributed by atoms with Gasteiger partial charge in [0.15, 0.2) is 0 Å². The molecule has 0 atom stereocenters. The van der Waals surface area contributed by atoms with Crippen LogP contribution in [0.25, 0.3) is 0 Å². The summed E-state index contributed by atoms with van der Waals surface area (Å²) in [4.78, 5) is 4.28. The number of rotatable bonds is 0. The molecule has 3 nitrogen and oxygen atoms in total. The largest absolute Gasteiger partial charge is 0.411 e. The normalized spacial score (nSPS) is 10.0. The van der Waals surface area contributed by atoms with E-state index in [0.717, 1.165) is 13.2 Å². The van der Waals surface area contributed by atoms with Crippen molar-refractivity contribution in [2.75, 3.05) is 0 Å². The van der Waals surface area contributed by atoms with Crippen molar-refractivity contribution >= 4 is 8.35 Å². The van der Waals surface area contributed by atoms with Gasteiger partial charge in [0.25, 0.3) is 0 Å². The smallest absolute Gasteiger partial charge is 0.0713 e. The third-order valence-electron chi connectivity index (χ3n) is 0.410. The van der Waals surface area contributed by atoms with E-state index in [1.54, 1.807) is 5.80 Å². The zero-order chi connectivity index (χ0) is 4.41. The molecule has 0 spiro atoms. The summed E-state index contributed by atoms with van der Waals surface area (Å²) in [6.07, 6.45) is 1.49. The monoisotopic (exact) mass is 102 g/mol. The summed E-state index contributed by atoms with van der Waals surface area (Å²) in [6.45, 7) is 0. The Labute approximate surface area is 36.3 Å². The molecule has 0 saturated heterocycles. The molecule has 4 heteroatoms. The fraction of sp³-hybridized carbons (Fsp3) is 0. The van der Waals surface area contributed by atoms with E-state index in [4.69, 9.17) is 5.21 Å².